The van der Waals surface area contributed by atoms with E-state index in [0.717, 1.165) is 23.4 Å². The zero-order chi connectivity index (χ0) is 12.5. The van der Waals surface area contributed by atoms with Gasteiger partial charge in [-0.2, -0.15) is 0 Å². The van der Waals surface area contributed by atoms with Crippen molar-refractivity contribution < 1.29 is 9.47 Å². The maximum atomic E-state index is 5.81. The Bertz CT molecular complexity index is 404. The lowest BCUT2D eigenvalue weighted by Crippen LogP contribution is -2.53. The third-order valence-corrected chi connectivity index (χ3v) is 4.36. The Balaban J connectivity index is 2.35. The summed E-state index contributed by atoms with van der Waals surface area (Å²) < 4.78 is 11.6. The molecule has 0 amide bonds. The molecule has 1 aliphatic rings. The van der Waals surface area contributed by atoms with Crippen LogP contribution < -0.4 is 10.5 Å². The van der Waals surface area contributed by atoms with Gasteiger partial charge in [-0.1, -0.05) is 13.0 Å². The molecular weight excluding hydrogens is 282 g/mol. The number of benzene rings is 1. The van der Waals surface area contributed by atoms with Gasteiger partial charge in [-0.3, -0.25) is 0 Å². The average Bonchev–Trinajstić information content (AvgIpc) is 2.27. The van der Waals surface area contributed by atoms with Crippen molar-refractivity contribution in [1.82, 2.24) is 0 Å². The van der Waals surface area contributed by atoms with Crippen LogP contribution in [-0.4, -0.2) is 26.9 Å². The highest BCUT2D eigenvalue weighted by atomic mass is 79.9. The highest BCUT2D eigenvalue weighted by molar-refractivity contribution is 9.10. The van der Waals surface area contributed by atoms with Crippen LogP contribution in [0.4, 0.5) is 0 Å². The van der Waals surface area contributed by atoms with E-state index in [2.05, 4.69) is 35.0 Å². The second kappa shape index (κ2) is 4.96. The van der Waals surface area contributed by atoms with Gasteiger partial charge < -0.3 is 15.2 Å². The number of hydrogen-bond donors (Lipinski definition) is 1. The normalized spacial score (nSPS) is 19.5. The van der Waals surface area contributed by atoms with Crippen molar-refractivity contribution in [2.45, 2.75) is 12.3 Å². The van der Waals surface area contributed by atoms with Gasteiger partial charge in [0.05, 0.1) is 24.8 Å². The first-order valence-electron chi connectivity index (χ1n) is 5.76. The molecule has 0 aromatic heterocycles. The van der Waals surface area contributed by atoms with Crippen molar-refractivity contribution in [3.8, 4) is 5.75 Å². The van der Waals surface area contributed by atoms with Crippen LogP contribution in [0.2, 0.25) is 0 Å². The summed E-state index contributed by atoms with van der Waals surface area (Å²) in [4.78, 5) is 0. The predicted molar refractivity (Wildman–Crippen MR) is 71.4 cm³/mol. The Morgan fingerprint density at radius 1 is 1.53 bits per heavy atom. The van der Waals surface area contributed by atoms with Gasteiger partial charge in [-0.25, -0.2) is 0 Å². The molecule has 0 bridgehead atoms. The molecule has 1 fully saturated rings. The van der Waals surface area contributed by atoms with Crippen LogP contribution in [0.25, 0.3) is 0 Å². The molecule has 1 atom stereocenters. The molecule has 0 radical (unpaired) electrons. The molecule has 4 heteroatoms. The molecule has 17 heavy (non-hydrogen) atoms. The topological polar surface area (TPSA) is 44.5 Å². The van der Waals surface area contributed by atoms with Crippen LogP contribution in [0.3, 0.4) is 0 Å². The van der Waals surface area contributed by atoms with E-state index in [1.807, 2.05) is 6.07 Å². The summed E-state index contributed by atoms with van der Waals surface area (Å²) >= 11 is 3.53. The third kappa shape index (κ3) is 2.09. The van der Waals surface area contributed by atoms with E-state index in [-0.39, 0.29) is 5.41 Å². The number of nitrogens with two attached hydrogens (primary N) is 1. The Morgan fingerprint density at radius 2 is 2.24 bits per heavy atom. The molecule has 1 unspecified atom stereocenters. The lowest BCUT2D eigenvalue weighted by Gasteiger charge is -2.46. The molecule has 94 valence electrons. The smallest absolute Gasteiger partial charge is 0.133 e. The van der Waals surface area contributed by atoms with E-state index in [1.54, 1.807) is 7.11 Å². The van der Waals surface area contributed by atoms with Gasteiger partial charge in [-0.15, -0.1) is 0 Å². The zero-order valence-electron chi connectivity index (χ0n) is 10.2. The van der Waals surface area contributed by atoms with Crippen LogP contribution in [0.1, 0.15) is 12.5 Å². The summed E-state index contributed by atoms with van der Waals surface area (Å²) in [7, 11) is 1.67. The summed E-state index contributed by atoms with van der Waals surface area (Å²) in [5.74, 6) is 1.26. The number of rotatable bonds is 4. The van der Waals surface area contributed by atoms with Crippen molar-refractivity contribution in [1.29, 1.82) is 0 Å². The fourth-order valence-electron chi connectivity index (χ4n) is 2.26. The minimum absolute atomic E-state index is 0.0730. The fraction of sp³-hybridized carbons (Fsp3) is 0.538. The molecule has 1 aromatic carbocycles. The van der Waals surface area contributed by atoms with Gasteiger partial charge in [0.25, 0.3) is 0 Å². The van der Waals surface area contributed by atoms with Crippen LogP contribution in [0.15, 0.2) is 22.7 Å². The van der Waals surface area contributed by atoms with Gasteiger partial charge >= 0.3 is 0 Å². The van der Waals surface area contributed by atoms with Crippen molar-refractivity contribution in [2.24, 2.45) is 11.7 Å². The highest BCUT2D eigenvalue weighted by Gasteiger charge is 2.44. The minimum atomic E-state index is 0.0730. The highest BCUT2D eigenvalue weighted by Crippen LogP contribution is 2.41. The number of halogens is 1. The van der Waals surface area contributed by atoms with E-state index in [9.17, 15) is 0 Å². The van der Waals surface area contributed by atoms with E-state index in [4.69, 9.17) is 15.2 Å². The first-order chi connectivity index (χ1) is 8.14. The largest absolute Gasteiger partial charge is 0.496 e. The first-order valence-corrected chi connectivity index (χ1v) is 6.55. The fourth-order valence-corrected chi connectivity index (χ4v) is 2.80. The summed E-state index contributed by atoms with van der Waals surface area (Å²) in [6, 6.07) is 6.22. The predicted octanol–water partition coefficient (Wildman–Crippen LogP) is 2.32. The van der Waals surface area contributed by atoms with Gasteiger partial charge in [0, 0.05) is 5.41 Å². The van der Waals surface area contributed by atoms with Crippen LogP contribution in [-0.2, 0) is 10.2 Å². The van der Waals surface area contributed by atoms with E-state index >= 15 is 0 Å². The van der Waals surface area contributed by atoms with Crippen LogP contribution >= 0.6 is 15.9 Å². The molecule has 1 aromatic rings. The van der Waals surface area contributed by atoms with Gasteiger partial charge in [0.15, 0.2) is 0 Å². The molecule has 2 N–H and O–H groups in total. The standard InChI is InChI=1S/C13H18BrNO2/c1-9(6-15)13(7-17-8-13)10-3-4-12(16-2)11(14)5-10/h3-5,9H,6-8,15H2,1-2H3. The maximum absolute atomic E-state index is 5.81. The number of methoxy groups -OCH3 is 1. The number of hydrogen-bond acceptors (Lipinski definition) is 3. The summed E-state index contributed by atoms with van der Waals surface area (Å²) in [6.07, 6.45) is 0. The van der Waals surface area contributed by atoms with Gasteiger partial charge in [-0.05, 0) is 46.1 Å². The van der Waals surface area contributed by atoms with E-state index < -0.39 is 0 Å². The first kappa shape index (κ1) is 12.9. The zero-order valence-corrected chi connectivity index (χ0v) is 11.8. The molecule has 3 nitrogen and oxygen atoms in total. The molecular formula is C13H18BrNO2. The van der Waals surface area contributed by atoms with Crippen molar-refractivity contribution in [3.63, 3.8) is 0 Å². The Hall–Kier alpha value is -0.580. The molecule has 1 aliphatic heterocycles. The van der Waals surface area contributed by atoms with Gasteiger partial charge in [0.2, 0.25) is 0 Å². The number of ether oxygens (including phenoxy) is 2. The lowest BCUT2D eigenvalue weighted by molar-refractivity contribution is -0.0854. The molecule has 0 aliphatic carbocycles. The SMILES string of the molecule is COc1ccc(C2(C(C)CN)COC2)cc1Br. The molecule has 1 saturated heterocycles. The third-order valence-electron chi connectivity index (χ3n) is 3.74. The monoisotopic (exact) mass is 299 g/mol. The second-order valence-electron chi connectivity index (χ2n) is 4.64. The Morgan fingerprint density at radius 3 is 2.65 bits per heavy atom. The molecule has 0 spiro atoms. The maximum Gasteiger partial charge on any atom is 0.133 e. The quantitative estimate of drug-likeness (QED) is 0.928. The summed E-state index contributed by atoms with van der Waals surface area (Å²) in [5, 5.41) is 0. The lowest BCUT2D eigenvalue weighted by atomic mass is 9.69. The molecule has 1 heterocycles. The van der Waals surface area contributed by atoms with Crippen LogP contribution in [0.5, 0.6) is 5.75 Å². The van der Waals surface area contributed by atoms with Gasteiger partial charge in [0.1, 0.15) is 5.75 Å². The minimum Gasteiger partial charge on any atom is -0.496 e. The molecule has 2 rings (SSSR count). The van der Waals surface area contributed by atoms with Crippen molar-refractivity contribution in [2.75, 3.05) is 26.9 Å². The summed E-state index contributed by atoms with van der Waals surface area (Å²) in [6.45, 7) is 4.36. The Kier molecular flexibility index (Phi) is 3.76. The average molecular weight is 300 g/mol. The van der Waals surface area contributed by atoms with Crippen LogP contribution in [0, 0.1) is 5.92 Å². The summed E-state index contributed by atoms with van der Waals surface area (Å²) in [5.41, 5.74) is 7.15. The van der Waals surface area contributed by atoms with Crippen molar-refractivity contribution >= 4 is 15.9 Å². The van der Waals surface area contributed by atoms with E-state index in [1.165, 1.54) is 5.56 Å². The van der Waals surface area contributed by atoms with Crippen molar-refractivity contribution in [3.05, 3.63) is 28.2 Å². The Labute approximate surface area is 110 Å². The van der Waals surface area contributed by atoms with E-state index in [0.29, 0.717) is 12.5 Å². The second-order valence-corrected chi connectivity index (χ2v) is 5.49. The molecule has 0 saturated carbocycles.